The average Bonchev–Trinajstić information content (AvgIpc) is 1.37. The molecule has 0 heterocycles. The van der Waals surface area contributed by atoms with Gasteiger partial charge in [0.1, 0.15) is 0 Å². The van der Waals surface area contributed by atoms with Crippen molar-refractivity contribution in [3.63, 3.8) is 0 Å². The number of rotatable bonds is 1. The van der Waals surface area contributed by atoms with Crippen molar-refractivity contribution in [2.45, 2.75) is 13.3 Å². The fraction of sp³-hybridized carbons (Fsp3) is 1.00. The van der Waals surface area contributed by atoms with E-state index in [1.165, 1.54) is 0 Å². The molecule has 0 saturated carbocycles. The molecule has 0 unspecified atom stereocenters. The molecule has 0 aliphatic rings. The first-order chi connectivity index (χ1) is 1.91. The Morgan fingerprint density at radius 1 is 1.60 bits per heavy atom. The van der Waals surface area contributed by atoms with E-state index in [4.69, 9.17) is 5.11 Å². The third-order valence-electron chi connectivity index (χ3n) is 0.224. The molecule has 0 amide bonds. The van der Waals surface area contributed by atoms with Crippen molar-refractivity contribution >= 4 is 26.2 Å². The summed E-state index contributed by atoms with van der Waals surface area (Å²) < 4.78 is 0. The molecule has 0 atom stereocenters. The van der Waals surface area contributed by atoms with E-state index >= 15 is 0 Å². The summed E-state index contributed by atoms with van der Waals surface area (Å²) in [6, 6.07) is 0. The van der Waals surface area contributed by atoms with E-state index in [1.807, 2.05) is 6.92 Å². The minimum atomic E-state index is 0. The van der Waals surface area contributed by atoms with Crippen LogP contribution in [0.3, 0.4) is 0 Å². The topological polar surface area (TPSA) is 20.2 Å². The van der Waals surface area contributed by atoms with Gasteiger partial charge >= 0.3 is 0 Å². The maximum Gasteiger partial charge on any atom is 0.0428 e. The molecule has 0 aromatic heterocycles. The van der Waals surface area contributed by atoms with Crippen LogP contribution in [0.15, 0.2) is 0 Å². The predicted octanol–water partition coefficient (Wildman–Crippen LogP) is 0.00790. The van der Waals surface area contributed by atoms with E-state index in [2.05, 4.69) is 0 Å². The standard InChI is InChI=1S/C3H8O.Bi/c1-2-3-4;/h4H,2-3H2,1H3;. The van der Waals surface area contributed by atoms with E-state index in [1.54, 1.807) is 0 Å². The van der Waals surface area contributed by atoms with E-state index < -0.39 is 0 Å². The molecule has 0 bridgehead atoms. The molecule has 3 radical (unpaired) electrons. The fourth-order valence-electron chi connectivity index (χ4n) is 0. The molecule has 0 saturated heterocycles. The Bertz CT molecular complexity index is 8.85. The van der Waals surface area contributed by atoms with Crippen molar-refractivity contribution in [1.29, 1.82) is 0 Å². The quantitative estimate of drug-likeness (QED) is 0.665. The first kappa shape index (κ1) is 9.28. The Morgan fingerprint density at radius 3 is 1.80 bits per heavy atom. The maximum absolute atomic E-state index is 7.88. The fourth-order valence-corrected chi connectivity index (χ4v) is 0. The smallest absolute Gasteiger partial charge is 0.0428 e. The van der Waals surface area contributed by atoms with Crippen LogP contribution in [-0.4, -0.2) is 37.9 Å². The van der Waals surface area contributed by atoms with Crippen LogP contribution < -0.4 is 0 Å². The summed E-state index contributed by atoms with van der Waals surface area (Å²) >= 11 is 0. The molecule has 0 aliphatic carbocycles. The molecule has 31 valence electrons. The minimum absolute atomic E-state index is 0. The van der Waals surface area contributed by atoms with Crippen LogP contribution in [0.5, 0.6) is 0 Å². The van der Waals surface area contributed by atoms with Crippen LogP contribution in [0, 0.1) is 0 Å². The van der Waals surface area contributed by atoms with Gasteiger partial charge in [-0.15, -0.1) is 0 Å². The van der Waals surface area contributed by atoms with E-state index in [9.17, 15) is 0 Å². The summed E-state index contributed by atoms with van der Waals surface area (Å²) in [6.45, 7) is 2.25. The van der Waals surface area contributed by atoms with Crippen LogP contribution in [0.1, 0.15) is 13.3 Å². The number of aliphatic hydroxyl groups excluding tert-OH is 1. The van der Waals surface area contributed by atoms with Gasteiger partial charge in [-0.3, -0.25) is 0 Å². The normalized spacial score (nSPS) is 6.00. The SMILES string of the molecule is CCCO.[Bi]. The van der Waals surface area contributed by atoms with Gasteiger partial charge in [-0.25, -0.2) is 0 Å². The first-order valence-electron chi connectivity index (χ1n) is 1.52. The van der Waals surface area contributed by atoms with Crippen LogP contribution in [0.2, 0.25) is 0 Å². The van der Waals surface area contributed by atoms with Gasteiger partial charge in [0.15, 0.2) is 0 Å². The van der Waals surface area contributed by atoms with Gasteiger partial charge in [-0.2, -0.15) is 0 Å². The van der Waals surface area contributed by atoms with Crippen molar-refractivity contribution in [1.82, 2.24) is 0 Å². The third kappa shape index (κ3) is 11.5. The molecule has 5 heavy (non-hydrogen) atoms. The van der Waals surface area contributed by atoms with Crippen molar-refractivity contribution in [3.8, 4) is 0 Å². The first-order valence-corrected chi connectivity index (χ1v) is 1.52. The summed E-state index contributed by atoms with van der Waals surface area (Å²) in [5.74, 6) is 0. The summed E-state index contributed by atoms with van der Waals surface area (Å²) in [7, 11) is 0. The molecular weight excluding hydrogens is 261 g/mol. The monoisotopic (exact) mass is 269 g/mol. The van der Waals surface area contributed by atoms with Crippen molar-refractivity contribution in [2.24, 2.45) is 0 Å². The van der Waals surface area contributed by atoms with Crippen LogP contribution in [0.25, 0.3) is 0 Å². The van der Waals surface area contributed by atoms with Crippen LogP contribution in [0.4, 0.5) is 0 Å². The Kier molecular flexibility index (Phi) is 16.4. The van der Waals surface area contributed by atoms with Gasteiger partial charge in [-0.1, -0.05) is 6.92 Å². The second kappa shape index (κ2) is 8.85. The molecule has 0 aromatic carbocycles. The Labute approximate surface area is 51.5 Å². The second-order valence-electron chi connectivity index (χ2n) is 0.724. The van der Waals surface area contributed by atoms with Gasteiger partial charge in [-0.05, 0) is 6.42 Å². The third-order valence-corrected chi connectivity index (χ3v) is 0.224. The minimum Gasteiger partial charge on any atom is -0.396 e. The molecule has 1 N–H and O–H groups in total. The predicted molar refractivity (Wildman–Crippen MR) is 23.1 cm³/mol. The van der Waals surface area contributed by atoms with Gasteiger partial charge in [0.25, 0.3) is 0 Å². The zero-order chi connectivity index (χ0) is 3.41. The van der Waals surface area contributed by atoms with E-state index in [0.717, 1.165) is 6.42 Å². The van der Waals surface area contributed by atoms with Crippen molar-refractivity contribution in [2.75, 3.05) is 6.61 Å². The number of hydrogen-bond acceptors (Lipinski definition) is 1. The van der Waals surface area contributed by atoms with Crippen LogP contribution in [-0.2, 0) is 0 Å². The van der Waals surface area contributed by atoms with Crippen LogP contribution >= 0.6 is 0 Å². The summed E-state index contributed by atoms with van der Waals surface area (Å²) in [6.07, 6.45) is 0.875. The average molecular weight is 269 g/mol. The molecule has 0 aromatic rings. The summed E-state index contributed by atoms with van der Waals surface area (Å²) in [5.41, 5.74) is 0. The Balaban J connectivity index is 0. The molecule has 0 fully saturated rings. The van der Waals surface area contributed by atoms with Gasteiger partial charge in [0.05, 0.1) is 0 Å². The maximum atomic E-state index is 7.88. The van der Waals surface area contributed by atoms with E-state index in [-0.39, 0.29) is 26.2 Å². The van der Waals surface area contributed by atoms with Gasteiger partial charge in [0, 0.05) is 32.8 Å². The molecule has 1 nitrogen and oxygen atoms in total. The Hall–Kier alpha value is 0.843. The Morgan fingerprint density at radius 2 is 1.80 bits per heavy atom. The van der Waals surface area contributed by atoms with E-state index in [0.29, 0.717) is 6.61 Å². The zero-order valence-electron chi connectivity index (χ0n) is 3.31. The summed E-state index contributed by atoms with van der Waals surface area (Å²) in [5, 5.41) is 7.88. The van der Waals surface area contributed by atoms with Gasteiger partial charge < -0.3 is 5.11 Å². The summed E-state index contributed by atoms with van der Waals surface area (Å²) in [4.78, 5) is 0. The molecular formula is C3H8BiO. The molecule has 0 rings (SSSR count). The van der Waals surface area contributed by atoms with Crippen molar-refractivity contribution < 1.29 is 5.11 Å². The number of hydrogen-bond donors (Lipinski definition) is 1. The van der Waals surface area contributed by atoms with Gasteiger partial charge in [0.2, 0.25) is 0 Å². The molecule has 0 spiro atoms. The largest absolute Gasteiger partial charge is 0.396 e. The second-order valence-corrected chi connectivity index (χ2v) is 0.724. The van der Waals surface area contributed by atoms with Crippen molar-refractivity contribution in [3.05, 3.63) is 0 Å². The molecule has 0 aliphatic heterocycles. The number of aliphatic hydroxyl groups is 1. The molecule has 2 heteroatoms. The zero-order valence-corrected chi connectivity index (χ0v) is 6.79.